The van der Waals surface area contributed by atoms with Crippen LogP contribution in [-0.4, -0.2) is 12.1 Å². The Kier molecular flexibility index (Phi) is 7.00. The first-order chi connectivity index (χ1) is 14.1. The van der Waals surface area contributed by atoms with Crippen molar-refractivity contribution in [1.29, 1.82) is 0 Å². The smallest absolute Gasteiger partial charge is 0.352 e. The standard InChI is InChI=1S/C21H16Cl3F4NO/c22-16-8-14(9-17(23)19(16)24)15(21(26,27)28)6-2-11-1-3-13(18(25)7-11)10-29-20(30)12-4-5-12/h1-3,6-9,12,15H,4-5,10H2,(H,29,30)/b6-2+. The second-order valence-electron chi connectivity index (χ2n) is 7.02. The van der Waals surface area contributed by atoms with Gasteiger partial charge in [-0.2, -0.15) is 13.2 Å². The van der Waals surface area contributed by atoms with Gasteiger partial charge in [-0.25, -0.2) is 4.39 Å². The van der Waals surface area contributed by atoms with E-state index in [-0.39, 0.29) is 50.1 Å². The molecule has 2 nitrogen and oxygen atoms in total. The number of hydrogen-bond donors (Lipinski definition) is 1. The molecule has 9 heteroatoms. The molecule has 1 saturated carbocycles. The van der Waals surface area contributed by atoms with E-state index in [9.17, 15) is 22.4 Å². The number of carbonyl (C=O) groups excluding carboxylic acids is 1. The van der Waals surface area contributed by atoms with Crippen LogP contribution < -0.4 is 5.32 Å². The molecular formula is C21H16Cl3F4NO. The summed E-state index contributed by atoms with van der Waals surface area (Å²) < 4.78 is 55.0. The van der Waals surface area contributed by atoms with Gasteiger partial charge in [-0.15, -0.1) is 0 Å². The SMILES string of the molecule is O=C(NCc1ccc(/C=C/C(c2cc(Cl)c(Cl)c(Cl)c2)C(F)(F)F)cc1F)C1CC1. The minimum absolute atomic E-state index is 0.00412. The summed E-state index contributed by atoms with van der Waals surface area (Å²) in [6, 6.07) is 6.23. The van der Waals surface area contributed by atoms with Crippen LogP contribution in [0.25, 0.3) is 6.08 Å². The molecule has 1 aliphatic carbocycles. The van der Waals surface area contributed by atoms with Gasteiger partial charge in [0.25, 0.3) is 0 Å². The third-order valence-electron chi connectivity index (χ3n) is 4.68. The molecular weight excluding hydrogens is 465 g/mol. The molecule has 0 radical (unpaired) electrons. The maximum absolute atomic E-state index is 14.3. The van der Waals surface area contributed by atoms with Crippen molar-refractivity contribution < 1.29 is 22.4 Å². The average Bonchev–Trinajstić information content (AvgIpc) is 3.49. The quantitative estimate of drug-likeness (QED) is 0.345. The Labute approximate surface area is 185 Å². The topological polar surface area (TPSA) is 29.1 Å². The van der Waals surface area contributed by atoms with E-state index in [4.69, 9.17) is 34.8 Å². The van der Waals surface area contributed by atoms with Crippen molar-refractivity contribution in [1.82, 2.24) is 5.32 Å². The van der Waals surface area contributed by atoms with Crippen molar-refractivity contribution in [3.63, 3.8) is 0 Å². The molecule has 1 N–H and O–H groups in total. The van der Waals surface area contributed by atoms with Crippen LogP contribution in [0.15, 0.2) is 36.4 Å². The fraction of sp³-hybridized carbons (Fsp3) is 0.286. The largest absolute Gasteiger partial charge is 0.399 e. The molecule has 0 aliphatic heterocycles. The number of halogens is 7. The molecule has 3 rings (SSSR count). The minimum Gasteiger partial charge on any atom is -0.352 e. The first-order valence-corrected chi connectivity index (χ1v) is 10.1. The zero-order valence-electron chi connectivity index (χ0n) is 15.4. The second-order valence-corrected chi connectivity index (χ2v) is 8.21. The van der Waals surface area contributed by atoms with Crippen LogP contribution >= 0.6 is 34.8 Å². The number of rotatable bonds is 6. The van der Waals surface area contributed by atoms with E-state index in [1.807, 2.05) is 0 Å². The summed E-state index contributed by atoms with van der Waals surface area (Å²) in [5, 5.41) is 2.43. The predicted molar refractivity (Wildman–Crippen MR) is 110 cm³/mol. The van der Waals surface area contributed by atoms with Gasteiger partial charge in [0.15, 0.2) is 0 Å². The highest BCUT2D eigenvalue weighted by Crippen LogP contribution is 2.41. The third-order valence-corrected chi connectivity index (χ3v) is 5.87. The fourth-order valence-corrected chi connectivity index (χ4v) is 3.47. The molecule has 2 aromatic rings. The Hall–Kier alpha value is -1.76. The van der Waals surface area contributed by atoms with Crippen molar-refractivity contribution in [2.75, 3.05) is 0 Å². The second kappa shape index (κ2) is 9.16. The highest BCUT2D eigenvalue weighted by molar-refractivity contribution is 6.48. The van der Waals surface area contributed by atoms with E-state index in [2.05, 4.69) is 5.32 Å². The molecule has 1 amide bonds. The lowest BCUT2D eigenvalue weighted by atomic mass is 9.97. The lowest BCUT2D eigenvalue weighted by Crippen LogP contribution is -2.24. The van der Waals surface area contributed by atoms with E-state index in [0.717, 1.165) is 37.1 Å². The molecule has 0 bridgehead atoms. The van der Waals surface area contributed by atoms with Gasteiger partial charge in [-0.1, -0.05) is 59.1 Å². The predicted octanol–water partition coefficient (Wildman–Crippen LogP) is 7.17. The van der Waals surface area contributed by atoms with E-state index in [1.165, 1.54) is 18.2 Å². The Morgan fingerprint density at radius 2 is 1.77 bits per heavy atom. The molecule has 2 aromatic carbocycles. The van der Waals surface area contributed by atoms with Crippen molar-refractivity contribution in [2.45, 2.75) is 31.5 Å². The number of alkyl halides is 3. The molecule has 0 spiro atoms. The number of nitrogens with one attached hydrogen (secondary N) is 1. The Bertz CT molecular complexity index is 964. The molecule has 0 heterocycles. The summed E-state index contributed by atoms with van der Waals surface area (Å²) in [5.41, 5.74) is 0.313. The van der Waals surface area contributed by atoms with Crippen LogP contribution in [0.2, 0.25) is 15.1 Å². The van der Waals surface area contributed by atoms with Crippen molar-refractivity contribution in [2.24, 2.45) is 5.92 Å². The highest BCUT2D eigenvalue weighted by atomic mass is 35.5. The first-order valence-electron chi connectivity index (χ1n) is 9.01. The summed E-state index contributed by atoms with van der Waals surface area (Å²) in [5.74, 6) is -2.74. The van der Waals surface area contributed by atoms with Gasteiger partial charge in [0.1, 0.15) is 5.82 Å². The van der Waals surface area contributed by atoms with Crippen molar-refractivity contribution >= 4 is 46.8 Å². The number of amides is 1. The summed E-state index contributed by atoms with van der Waals surface area (Å²) in [6.45, 7) is 0.0259. The average molecular weight is 481 g/mol. The molecule has 0 aromatic heterocycles. The van der Waals surface area contributed by atoms with Crippen LogP contribution in [0.1, 0.15) is 35.4 Å². The fourth-order valence-electron chi connectivity index (χ4n) is 2.85. The van der Waals surface area contributed by atoms with Gasteiger partial charge in [-0.3, -0.25) is 4.79 Å². The Morgan fingerprint density at radius 1 is 1.13 bits per heavy atom. The van der Waals surface area contributed by atoms with Gasteiger partial charge >= 0.3 is 6.18 Å². The van der Waals surface area contributed by atoms with Gasteiger partial charge < -0.3 is 5.32 Å². The summed E-state index contributed by atoms with van der Waals surface area (Å²) in [6.07, 6.45) is -0.878. The van der Waals surface area contributed by atoms with Crippen molar-refractivity contribution in [3.05, 3.63) is 74.0 Å². The molecule has 160 valence electrons. The number of allylic oxidation sites excluding steroid dienone is 1. The Balaban J connectivity index is 1.78. The van der Waals surface area contributed by atoms with Gasteiger partial charge in [-0.05, 0) is 42.2 Å². The molecule has 1 fully saturated rings. The maximum Gasteiger partial charge on any atom is 0.399 e. The minimum atomic E-state index is -4.62. The van der Waals surface area contributed by atoms with Crippen LogP contribution in [-0.2, 0) is 11.3 Å². The number of carbonyl (C=O) groups is 1. The lowest BCUT2D eigenvalue weighted by Gasteiger charge is -2.18. The van der Waals surface area contributed by atoms with Crippen LogP contribution in [0.5, 0.6) is 0 Å². The van der Waals surface area contributed by atoms with E-state index in [0.29, 0.717) is 0 Å². The maximum atomic E-state index is 14.3. The van der Waals surface area contributed by atoms with E-state index < -0.39 is 17.9 Å². The highest BCUT2D eigenvalue weighted by Gasteiger charge is 2.39. The van der Waals surface area contributed by atoms with E-state index in [1.54, 1.807) is 0 Å². The molecule has 1 unspecified atom stereocenters. The Morgan fingerprint density at radius 3 is 2.30 bits per heavy atom. The number of benzene rings is 2. The van der Waals surface area contributed by atoms with Crippen LogP contribution in [0, 0.1) is 11.7 Å². The van der Waals surface area contributed by atoms with E-state index >= 15 is 0 Å². The monoisotopic (exact) mass is 479 g/mol. The van der Waals surface area contributed by atoms with Gasteiger partial charge in [0, 0.05) is 18.0 Å². The summed E-state index contributed by atoms with van der Waals surface area (Å²) in [7, 11) is 0. The summed E-state index contributed by atoms with van der Waals surface area (Å²) >= 11 is 17.5. The van der Waals surface area contributed by atoms with Crippen LogP contribution in [0.4, 0.5) is 17.6 Å². The normalized spacial score (nSPS) is 15.4. The molecule has 30 heavy (non-hydrogen) atoms. The number of hydrogen-bond acceptors (Lipinski definition) is 1. The molecule has 0 saturated heterocycles. The summed E-state index contributed by atoms with van der Waals surface area (Å²) in [4.78, 5) is 11.7. The zero-order valence-corrected chi connectivity index (χ0v) is 17.6. The van der Waals surface area contributed by atoms with Gasteiger partial charge in [0.05, 0.1) is 21.0 Å². The molecule has 1 aliphatic rings. The van der Waals surface area contributed by atoms with Crippen molar-refractivity contribution in [3.8, 4) is 0 Å². The molecule has 1 atom stereocenters. The third kappa shape index (κ3) is 5.68. The zero-order chi connectivity index (χ0) is 22.1. The van der Waals surface area contributed by atoms with Gasteiger partial charge in [0.2, 0.25) is 5.91 Å². The first kappa shape index (κ1) is 22.9. The van der Waals surface area contributed by atoms with Crippen LogP contribution in [0.3, 0.4) is 0 Å². The lowest BCUT2D eigenvalue weighted by molar-refractivity contribution is -0.139.